The van der Waals surface area contributed by atoms with Crippen LogP contribution in [0.1, 0.15) is 97.8 Å². The Balaban J connectivity index is 2.33. The Morgan fingerprint density at radius 1 is 0.417 bits per heavy atom. The molecule has 1 heterocycles. The summed E-state index contributed by atoms with van der Waals surface area (Å²) in [4.78, 5) is 0. The molecule has 1 aliphatic heterocycles. The lowest BCUT2D eigenvalue weighted by molar-refractivity contribution is 0.444. The molecule has 0 N–H and O–H groups in total. The highest BCUT2D eigenvalue weighted by Crippen LogP contribution is 2.09. The molecule has 1 rings (SSSR count). The highest BCUT2D eigenvalue weighted by molar-refractivity contribution is 6.64. The maximum absolute atomic E-state index is 2.41. The van der Waals surface area contributed by atoms with E-state index in [1.165, 1.54) is 77.0 Å². The minimum atomic E-state index is 1.16. The second-order valence-corrected chi connectivity index (χ2v) is 7.24. The third-order valence-corrected chi connectivity index (χ3v) is 4.70. The molecule has 0 aliphatic carbocycles. The van der Waals surface area contributed by atoms with Crippen LogP contribution in [-0.2, 0) is 0 Å². The molecule has 3 nitrogen and oxygen atoms in total. The van der Waals surface area contributed by atoms with Crippen LogP contribution < -0.4 is 0 Å². The van der Waals surface area contributed by atoms with Crippen LogP contribution >= 0.6 is 0 Å². The van der Waals surface area contributed by atoms with Gasteiger partial charge in [0.2, 0.25) is 0 Å². The SMILES string of the molecule is CCCCCCN1[B]N(CCCCCC)[B]N(CCCCCC)[B]1. The lowest BCUT2D eigenvalue weighted by atomic mass is 9.73. The fourth-order valence-corrected chi connectivity index (χ4v) is 3.17. The predicted molar refractivity (Wildman–Crippen MR) is 110 cm³/mol. The monoisotopic (exact) mass is 330 g/mol. The molecule has 0 atom stereocenters. The Kier molecular flexibility index (Phi) is 14.1. The summed E-state index contributed by atoms with van der Waals surface area (Å²) in [6.07, 6.45) is 16.0. The van der Waals surface area contributed by atoms with Gasteiger partial charge in [-0.05, 0) is 38.9 Å². The quantitative estimate of drug-likeness (QED) is 0.328. The van der Waals surface area contributed by atoms with Crippen LogP contribution in [0.25, 0.3) is 0 Å². The summed E-state index contributed by atoms with van der Waals surface area (Å²) in [5, 5.41) is 0. The second-order valence-electron chi connectivity index (χ2n) is 7.24. The lowest BCUT2D eigenvalue weighted by Gasteiger charge is -2.40. The third-order valence-electron chi connectivity index (χ3n) is 4.70. The zero-order chi connectivity index (χ0) is 17.5. The van der Waals surface area contributed by atoms with Crippen LogP contribution in [0.15, 0.2) is 0 Å². The molecule has 1 fully saturated rings. The van der Waals surface area contributed by atoms with Gasteiger partial charge in [-0.2, -0.15) is 0 Å². The number of hydrogen-bond acceptors (Lipinski definition) is 3. The van der Waals surface area contributed by atoms with Crippen molar-refractivity contribution in [2.24, 2.45) is 0 Å². The molecule has 0 amide bonds. The Morgan fingerprint density at radius 2 is 0.708 bits per heavy atom. The first-order valence-corrected chi connectivity index (χ1v) is 10.6. The van der Waals surface area contributed by atoms with Crippen molar-refractivity contribution in [1.82, 2.24) is 14.2 Å². The van der Waals surface area contributed by atoms with Gasteiger partial charge in [-0.25, -0.2) is 0 Å². The molecule has 0 spiro atoms. The Morgan fingerprint density at radius 3 is 0.958 bits per heavy atom. The Hall–Kier alpha value is 0.0748. The van der Waals surface area contributed by atoms with E-state index < -0.39 is 0 Å². The molecule has 1 saturated heterocycles. The molecule has 1 aliphatic rings. The number of nitrogens with zero attached hydrogens (tertiary/aromatic N) is 3. The van der Waals surface area contributed by atoms with Gasteiger partial charge in [-0.15, -0.1) is 0 Å². The molecular formula is C18H39B3N3. The van der Waals surface area contributed by atoms with Gasteiger partial charge >= 0.3 is 0 Å². The van der Waals surface area contributed by atoms with E-state index >= 15 is 0 Å². The molecule has 0 aromatic carbocycles. The lowest BCUT2D eigenvalue weighted by Crippen LogP contribution is -2.61. The Bertz CT molecular complexity index is 233. The van der Waals surface area contributed by atoms with Crippen LogP contribution in [0.2, 0.25) is 0 Å². The van der Waals surface area contributed by atoms with E-state index in [4.69, 9.17) is 0 Å². The molecule has 0 aromatic heterocycles. The van der Waals surface area contributed by atoms with Crippen molar-refractivity contribution in [3.05, 3.63) is 0 Å². The maximum atomic E-state index is 2.41. The van der Waals surface area contributed by atoms with E-state index in [0.717, 1.165) is 19.6 Å². The van der Waals surface area contributed by atoms with Gasteiger partial charge in [0.15, 0.2) is 0 Å². The summed E-state index contributed by atoms with van der Waals surface area (Å²) >= 11 is 0. The smallest absolute Gasteiger partial charge is 0.290 e. The maximum Gasteiger partial charge on any atom is 0.290 e. The van der Waals surface area contributed by atoms with E-state index in [-0.39, 0.29) is 0 Å². The van der Waals surface area contributed by atoms with Crippen molar-refractivity contribution in [3.63, 3.8) is 0 Å². The van der Waals surface area contributed by atoms with Crippen molar-refractivity contribution in [2.45, 2.75) is 97.8 Å². The molecule has 24 heavy (non-hydrogen) atoms. The first-order chi connectivity index (χ1) is 11.8. The predicted octanol–water partition coefficient (Wildman–Crippen LogP) is 4.25. The van der Waals surface area contributed by atoms with Crippen molar-refractivity contribution in [2.75, 3.05) is 19.6 Å². The zero-order valence-corrected chi connectivity index (χ0v) is 16.7. The Labute approximate surface area is 154 Å². The van der Waals surface area contributed by atoms with Gasteiger partial charge in [0.1, 0.15) is 0 Å². The molecule has 0 aromatic rings. The van der Waals surface area contributed by atoms with Gasteiger partial charge in [0.05, 0.1) is 0 Å². The van der Waals surface area contributed by atoms with Crippen molar-refractivity contribution < 1.29 is 0 Å². The normalized spacial score (nSPS) is 16.6. The van der Waals surface area contributed by atoms with Crippen molar-refractivity contribution in [1.29, 1.82) is 0 Å². The van der Waals surface area contributed by atoms with Crippen LogP contribution in [0, 0.1) is 0 Å². The van der Waals surface area contributed by atoms with Crippen LogP contribution in [-0.4, -0.2) is 56.4 Å². The summed E-state index contributed by atoms with van der Waals surface area (Å²) in [6, 6.07) is 0. The van der Waals surface area contributed by atoms with Crippen LogP contribution in [0.5, 0.6) is 0 Å². The fourth-order valence-electron chi connectivity index (χ4n) is 3.17. The zero-order valence-electron chi connectivity index (χ0n) is 16.7. The molecular weight excluding hydrogens is 291 g/mol. The third kappa shape index (κ3) is 10.8. The van der Waals surface area contributed by atoms with Crippen molar-refractivity contribution >= 4 is 22.6 Å². The topological polar surface area (TPSA) is 9.72 Å². The largest absolute Gasteiger partial charge is 0.365 e. The highest BCUT2D eigenvalue weighted by Gasteiger charge is 2.27. The summed E-state index contributed by atoms with van der Waals surface area (Å²) in [7, 11) is 6.96. The minimum Gasteiger partial charge on any atom is -0.365 e. The summed E-state index contributed by atoms with van der Waals surface area (Å²) in [5.41, 5.74) is 0. The summed E-state index contributed by atoms with van der Waals surface area (Å²) in [6.45, 7) is 10.3. The van der Waals surface area contributed by atoms with Crippen LogP contribution in [0.3, 0.4) is 0 Å². The van der Waals surface area contributed by atoms with E-state index in [1.807, 2.05) is 0 Å². The summed E-state index contributed by atoms with van der Waals surface area (Å²) < 4.78 is 7.24. The average molecular weight is 330 g/mol. The van der Waals surface area contributed by atoms with Gasteiger partial charge < -0.3 is 14.2 Å². The molecule has 6 heteroatoms. The van der Waals surface area contributed by atoms with Gasteiger partial charge in [0, 0.05) is 0 Å². The van der Waals surface area contributed by atoms with E-state index in [0.29, 0.717) is 0 Å². The fraction of sp³-hybridized carbons (Fsp3) is 1.00. The first kappa shape index (κ1) is 22.1. The standard InChI is InChI=1S/C18H39B3N3/c1-4-7-10-13-16-22-19-23(17-14-11-8-5-2)21-24(20-22)18-15-12-9-6-3/h4-18H2,1-3H3. The molecule has 0 saturated carbocycles. The number of hydrogen-bond donors (Lipinski definition) is 0. The molecule has 0 unspecified atom stereocenters. The minimum absolute atomic E-state index is 1.16. The highest BCUT2D eigenvalue weighted by atomic mass is 15.3. The molecule has 135 valence electrons. The van der Waals surface area contributed by atoms with E-state index in [2.05, 4.69) is 57.6 Å². The molecule has 0 bridgehead atoms. The van der Waals surface area contributed by atoms with Gasteiger partial charge in [0.25, 0.3) is 22.6 Å². The van der Waals surface area contributed by atoms with Gasteiger partial charge in [-0.1, -0.05) is 78.6 Å². The van der Waals surface area contributed by atoms with Crippen LogP contribution in [0.4, 0.5) is 0 Å². The second kappa shape index (κ2) is 15.3. The van der Waals surface area contributed by atoms with Crippen molar-refractivity contribution in [3.8, 4) is 0 Å². The molecule has 3 radical (unpaired) electrons. The number of rotatable bonds is 15. The van der Waals surface area contributed by atoms with Gasteiger partial charge in [-0.3, -0.25) is 0 Å². The van der Waals surface area contributed by atoms with E-state index in [1.54, 1.807) is 0 Å². The summed E-state index contributed by atoms with van der Waals surface area (Å²) in [5.74, 6) is 0. The number of unbranched alkanes of at least 4 members (excludes halogenated alkanes) is 9. The average Bonchev–Trinajstić information content (AvgIpc) is 2.59. The first-order valence-electron chi connectivity index (χ1n) is 10.6. The van der Waals surface area contributed by atoms with E-state index in [9.17, 15) is 0 Å².